The van der Waals surface area contributed by atoms with Crippen LogP contribution >= 0.6 is 0 Å². The lowest BCUT2D eigenvalue weighted by Crippen LogP contribution is -1.94. The Morgan fingerprint density at radius 2 is 0.900 bits per heavy atom. The van der Waals surface area contributed by atoms with Crippen molar-refractivity contribution in [3.63, 3.8) is 0 Å². The normalized spacial score (nSPS) is 11.6. The summed E-state index contributed by atoms with van der Waals surface area (Å²) in [5.41, 5.74) is 11.1. The average Bonchev–Trinajstić information content (AvgIpc) is 3.19. The van der Waals surface area contributed by atoms with Crippen molar-refractivity contribution < 1.29 is 0 Å². The first-order valence-corrected chi connectivity index (χ1v) is 17.1. The Bertz CT molecular complexity index is 2910. The van der Waals surface area contributed by atoms with Crippen LogP contribution < -0.4 is 0 Å². The molecule has 0 atom stereocenters. The van der Waals surface area contributed by atoms with Crippen LogP contribution in [0.2, 0.25) is 0 Å². The maximum atomic E-state index is 5.49. The minimum atomic E-state index is 0.968. The molecule has 2 heteroatoms. The molecule has 8 aromatic carbocycles. The average molecular weight is 635 g/mol. The van der Waals surface area contributed by atoms with Crippen molar-refractivity contribution in [2.45, 2.75) is 0 Å². The van der Waals surface area contributed by atoms with Crippen molar-refractivity contribution >= 4 is 54.1 Å². The molecular formula is C48H30N2. The largest absolute Gasteiger partial charge is 0.256 e. The second kappa shape index (κ2) is 11.5. The van der Waals surface area contributed by atoms with Crippen molar-refractivity contribution in [1.82, 2.24) is 9.97 Å². The molecule has 0 spiro atoms. The predicted molar refractivity (Wildman–Crippen MR) is 211 cm³/mol. The van der Waals surface area contributed by atoms with Gasteiger partial charge in [0.2, 0.25) is 0 Å². The first-order valence-electron chi connectivity index (χ1n) is 17.1. The number of hydrogen-bond donors (Lipinski definition) is 0. The molecule has 0 radical (unpaired) electrons. The summed E-state index contributed by atoms with van der Waals surface area (Å²) in [5, 5.41) is 9.51. The van der Waals surface area contributed by atoms with Crippen molar-refractivity contribution in [3.8, 4) is 44.6 Å². The summed E-state index contributed by atoms with van der Waals surface area (Å²) in [6.45, 7) is 0. The maximum Gasteiger partial charge on any atom is 0.0794 e. The van der Waals surface area contributed by atoms with Gasteiger partial charge in [-0.2, -0.15) is 0 Å². The standard InChI is InChI=1S/C48H30N2/c1-4-16-37-32(11-1)14-9-20-39(37)44-28-45-43(34-25-23-31(24-26-34)36-27-35-13-3-8-22-46(35)49-30-36)29-47(50-48(45)42-19-7-6-18-40(42)44)41-21-10-15-33-12-2-5-17-38(33)41/h1-30H. The first-order chi connectivity index (χ1) is 24.8. The second-order valence-electron chi connectivity index (χ2n) is 13.0. The Hall–Kier alpha value is -6.64. The summed E-state index contributed by atoms with van der Waals surface area (Å²) in [5.74, 6) is 0. The van der Waals surface area contributed by atoms with Crippen LogP contribution in [0.1, 0.15) is 0 Å². The summed E-state index contributed by atoms with van der Waals surface area (Å²) in [6.07, 6.45) is 1.97. The molecule has 2 heterocycles. The Labute approximate surface area is 290 Å². The number of nitrogens with zero attached hydrogens (tertiary/aromatic N) is 2. The molecule has 0 unspecified atom stereocenters. The van der Waals surface area contributed by atoms with Crippen LogP contribution in [0.4, 0.5) is 0 Å². The molecule has 0 saturated heterocycles. The molecule has 232 valence electrons. The van der Waals surface area contributed by atoms with Crippen molar-refractivity contribution in [2.24, 2.45) is 0 Å². The van der Waals surface area contributed by atoms with Gasteiger partial charge in [0.05, 0.1) is 16.7 Å². The highest BCUT2D eigenvalue weighted by molar-refractivity contribution is 6.18. The number of fused-ring (bicyclic) bond motifs is 6. The van der Waals surface area contributed by atoms with Gasteiger partial charge in [-0.3, -0.25) is 4.98 Å². The lowest BCUT2D eigenvalue weighted by Gasteiger charge is -2.17. The van der Waals surface area contributed by atoms with Crippen LogP contribution in [0, 0.1) is 0 Å². The van der Waals surface area contributed by atoms with E-state index < -0.39 is 0 Å². The van der Waals surface area contributed by atoms with E-state index in [-0.39, 0.29) is 0 Å². The SMILES string of the molecule is c1ccc2ncc(-c3ccc(-c4cc(-c5cccc6ccccc56)nc5c4cc(-c4cccc6ccccc46)c4ccccc45)cc3)cc2c1. The van der Waals surface area contributed by atoms with Crippen molar-refractivity contribution in [1.29, 1.82) is 0 Å². The summed E-state index contributed by atoms with van der Waals surface area (Å²) >= 11 is 0. The lowest BCUT2D eigenvalue weighted by atomic mass is 9.89. The van der Waals surface area contributed by atoms with Crippen LogP contribution in [0.3, 0.4) is 0 Å². The smallest absolute Gasteiger partial charge is 0.0794 e. The fourth-order valence-electron chi connectivity index (χ4n) is 7.63. The highest BCUT2D eigenvalue weighted by Crippen LogP contribution is 2.43. The van der Waals surface area contributed by atoms with Crippen LogP contribution in [0.5, 0.6) is 0 Å². The van der Waals surface area contributed by atoms with E-state index >= 15 is 0 Å². The van der Waals surface area contributed by atoms with Gasteiger partial charge < -0.3 is 0 Å². The van der Waals surface area contributed by atoms with Gasteiger partial charge in [-0.1, -0.05) is 152 Å². The predicted octanol–water partition coefficient (Wildman–Crippen LogP) is 12.9. The zero-order valence-electron chi connectivity index (χ0n) is 27.2. The van der Waals surface area contributed by atoms with Gasteiger partial charge in [-0.25, -0.2) is 4.98 Å². The number of aromatic nitrogens is 2. The van der Waals surface area contributed by atoms with E-state index in [0.29, 0.717) is 0 Å². The van der Waals surface area contributed by atoms with Gasteiger partial charge in [0.1, 0.15) is 0 Å². The van der Waals surface area contributed by atoms with E-state index in [1.807, 2.05) is 12.3 Å². The van der Waals surface area contributed by atoms with Gasteiger partial charge in [0, 0.05) is 33.5 Å². The quantitative estimate of drug-likeness (QED) is 0.180. The maximum absolute atomic E-state index is 5.49. The summed E-state index contributed by atoms with van der Waals surface area (Å²) in [7, 11) is 0. The number of rotatable bonds is 4. The molecule has 10 aromatic rings. The van der Waals surface area contributed by atoms with E-state index in [1.165, 1.54) is 38.1 Å². The van der Waals surface area contributed by atoms with E-state index in [9.17, 15) is 0 Å². The molecule has 0 aliphatic rings. The van der Waals surface area contributed by atoms with E-state index in [2.05, 4.69) is 170 Å². The molecule has 0 fully saturated rings. The molecular weight excluding hydrogens is 605 g/mol. The molecule has 0 bridgehead atoms. The van der Waals surface area contributed by atoms with Gasteiger partial charge in [0.15, 0.2) is 0 Å². The highest BCUT2D eigenvalue weighted by Gasteiger charge is 2.18. The number of benzene rings is 8. The fourth-order valence-corrected chi connectivity index (χ4v) is 7.63. The molecule has 0 aliphatic carbocycles. The Morgan fingerprint density at radius 1 is 0.320 bits per heavy atom. The summed E-state index contributed by atoms with van der Waals surface area (Å²) < 4.78 is 0. The monoisotopic (exact) mass is 634 g/mol. The molecule has 2 nitrogen and oxygen atoms in total. The van der Waals surface area contributed by atoms with Gasteiger partial charge in [0.25, 0.3) is 0 Å². The Morgan fingerprint density at radius 3 is 1.66 bits per heavy atom. The third-order valence-electron chi connectivity index (χ3n) is 10.1. The zero-order valence-corrected chi connectivity index (χ0v) is 27.2. The van der Waals surface area contributed by atoms with E-state index in [0.717, 1.165) is 60.7 Å². The van der Waals surface area contributed by atoms with Gasteiger partial charge in [-0.05, 0) is 79.0 Å². The molecule has 0 N–H and O–H groups in total. The van der Waals surface area contributed by atoms with Gasteiger partial charge in [-0.15, -0.1) is 0 Å². The third-order valence-corrected chi connectivity index (χ3v) is 10.1. The number of hydrogen-bond acceptors (Lipinski definition) is 2. The number of para-hydroxylation sites is 1. The minimum Gasteiger partial charge on any atom is -0.256 e. The zero-order chi connectivity index (χ0) is 33.0. The fraction of sp³-hybridized carbons (Fsp3) is 0. The van der Waals surface area contributed by atoms with E-state index in [1.54, 1.807) is 0 Å². The lowest BCUT2D eigenvalue weighted by molar-refractivity contribution is 1.41. The van der Waals surface area contributed by atoms with E-state index in [4.69, 9.17) is 9.97 Å². The van der Waals surface area contributed by atoms with Crippen LogP contribution in [0.25, 0.3) is 98.8 Å². The number of pyridine rings is 2. The van der Waals surface area contributed by atoms with Crippen LogP contribution in [-0.4, -0.2) is 9.97 Å². The highest BCUT2D eigenvalue weighted by atomic mass is 14.7. The van der Waals surface area contributed by atoms with Crippen molar-refractivity contribution in [2.75, 3.05) is 0 Å². The summed E-state index contributed by atoms with van der Waals surface area (Å²) in [4.78, 5) is 10.2. The molecule has 0 aliphatic heterocycles. The van der Waals surface area contributed by atoms with Crippen LogP contribution in [0.15, 0.2) is 182 Å². The minimum absolute atomic E-state index is 0.968. The Kier molecular flexibility index (Phi) is 6.53. The second-order valence-corrected chi connectivity index (χ2v) is 13.0. The van der Waals surface area contributed by atoms with Crippen molar-refractivity contribution in [3.05, 3.63) is 182 Å². The topological polar surface area (TPSA) is 25.8 Å². The third kappa shape index (κ3) is 4.65. The molecule has 2 aromatic heterocycles. The van der Waals surface area contributed by atoms with Crippen LogP contribution in [-0.2, 0) is 0 Å². The summed E-state index contributed by atoms with van der Waals surface area (Å²) in [6, 6.07) is 63.2. The molecule has 50 heavy (non-hydrogen) atoms. The molecule has 0 saturated carbocycles. The molecule has 10 rings (SSSR count). The Balaban J connectivity index is 1.25. The van der Waals surface area contributed by atoms with Gasteiger partial charge >= 0.3 is 0 Å². The molecule has 0 amide bonds. The first kappa shape index (κ1) is 28.4.